The first-order valence-electron chi connectivity index (χ1n) is 8.85. The van der Waals surface area contributed by atoms with Crippen LogP contribution in [0.2, 0.25) is 0 Å². The molecule has 4 aliphatic carbocycles. The Labute approximate surface area is 129 Å². The molecule has 5 rings (SSSR count). The average Bonchev–Trinajstić information content (AvgIpc) is 2.35. The van der Waals surface area contributed by atoms with Crippen LogP contribution < -0.4 is 5.73 Å². The lowest BCUT2D eigenvalue weighted by atomic mass is 9.47. The molecule has 1 aromatic carbocycles. The molecule has 4 aliphatic rings. The van der Waals surface area contributed by atoms with Crippen molar-refractivity contribution in [2.75, 3.05) is 0 Å². The minimum absolute atomic E-state index is 0.368. The van der Waals surface area contributed by atoms with Crippen LogP contribution in [0.4, 0.5) is 0 Å². The minimum atomic E-state index is 0.368. The van der Waals surface area contributed by atoms with Gasteiger partial charge in [0, 0.05) is 6.04 Å². The molecule has 1 heteroatoms. The Balaban J connectivity index is 1.55. The van der Waals surface area contributed by atoms with Crippen molar-refractivity contribution >= 4 is 0 Å². The number of rotatable bonds is 3. The molecule has 4 saturated carbocycles. The molecule has 0 heterocycles. The van der Waals surface area contributed by atoms with Crippen LogP contribution in [-0.2, 0) is 6.42 Å². The van der Waals surface area contributed by atoms with Crippen LogP contribution in [-0.4, -0.2) is 6.04 Å². The summed E-state index contributed by atoms with van der Waals surface area (Å²) in [7, 11) is 0. The van der Waals surface area contributed by atoms with Gasteiger partial charge in [-0.25, -0.2) is 0 Å². The molecule has 0 amide bonds. The van der Waals surface area contributed by atoms with E-state index in [1.54, 1.807) is 0 Å². The number of benzene rings is 1. The summed E-state index contributed by atoms with van der Waals surface area (Å²) < 4.78 is 0. The number of nitrogens with two attached hydrogens (primary N) is 1. The van der Waals surface area contributed by atoms with E-state index in [1.807, 2.05) is 0 Å². The minimum Gasteiger partial charge on any atom is -0.327 e. The number of hydrogen-bond acceptors (Lipinski definition) is 1. The van der Waals surface area contributed by atoms with Crippen LogP contribution in [0.5, 0.6) is 0 Å². The topological polar surface area (TPSA) is 26.0 Å². The van der Waals surface area contributed by atoms with Gasteiger partial charge in [0.15, 0.2) is 0 Å². The fraction of sp³-hybridized carbons (Fsp3) is 0.700. The monoisotopic (exact) mass is 283 g/mol. The summed E-state index contributed by atoms with van der Waals surface area (Å²) in [6.07, 6.45) is 9.87. The maximum Gasteiger partial charge on any atom is 0.0136 e. The Morgan fingerprint density at radius 3 is 1.90 bits per heavy atom. The first kappa shape index (κ1) is 13.8. The van der Waals surface area contributed by atoms with Gasteiger partial charge in [-0.2, -0.15) is 0 Å². The number of hydrogen-bond donors (Lipinski definition) is 1. The van der Waals surface area contributed by atoms with Gasteiger partial charge in [-0.15, -0.1) is 0 Å². The van der Waals surface area contributed by atoms with Gasteiger partial charge in [0.2, 0.25) is 0 Å². The highest BCUT2D eigenvalue weighted by molar-refractivity contribution is 5.29. The van der Waals surface area contributed by atoms with Crippen molar-refractivity contribution in [3.05, 3.63) is 34.9 Å². The molecule has 0 saturated heterocycles. The summed E-state index contributed by atoms with van der Waals surface area (Å²) in [5.74, 6) is 3.00. The standard InChI is InChI=1S/C20H29N/c1-13-3-14(2)5-15(4-13)9-19(21)20-10-16-6-17(11-20)8-18(7-16)12-20/h3-5,16-19H,6-12,21H2,1-2H3. The van der Waals surface area contributed by atoms with Crippen LogP contribution in [0.25, 0.3) is 0 Å². The molecule has 2 N–H and O–H groups in total. The van der Waals surface area contributed by atoms with E-state index in [2.05, 4.69) is 32.0 Å². The average molecular weight is 283 g/mol. The third-order valence-electron chi connectivity index (χ3n) is 6.61. The zero-order valence-electron chi connectivity index (χ0n) is 13.6. The van der Waals surface area contributed by atoms with Crippen LogP contribution in [0.3, 0.4) is 0 Å². The molecule has 4 bridgehead atoms. The van der Waals surface area contributed by atoms with Gasteiger partial charge in [0.05, 0.1) is 0 Å². The lowest BCUT2D eigenvalue weighted by Crippen LogP contribution is -2.55. The Morgan fingerprint density at radius 1 is 0.952 bits per heavy atom. The second kappa shape index (κ2) is 4.84. The normalized spacial score (nSPS) is 38.7. The Kier molecular flexibility index (Phi) is 3.19. The third kappa shape index (κ3) is 2.44. The van der Waals surface area contributed by atoms with Gasteiger partial charge in [-0.3, -0.25) is 0 Å². The predicted octanol–water partition coefficient (Wildman–Crippen LogP) is 4.39. The second-order valence-electron chi connectivity index (χ2n) is 8.59. The number of aryl methyl sites for hydroxylation is 2. The summed E-state index contributed by atoms with van der Waals surface area (Å²) in [4.78, 5) is 0. The zero-order chi connectivity index (χ0) is 14.6. The van der Waals surface area contributed by atoms with Crippen LogP contribution >= 0.6 is 0 Å². The van der Waals surface area contributed by atoms with E-state index < -0.39 is 0 Å². The van der Waals surface area contributed by atoms with Crippen molar-refractivity contribution in [3.8, 4) is 0 Å². The van der Waals surface area contributed by atoms with E-state index in [0.717, 1.165) is 24.2 Å². The smallest absolute Gasteiger partial charge is 0.0136 e. The van der Waals surface area contributed by atoms with E-state index in [4.69, 9.17) is 5.73 Å². The Hall–Kier alpha value is -0.820. The van der Waals surface area contributed by atoms with Gasteiger partial charge in [-0.1, -0.05) is 29.3 Å². The van der Waals surface area contributed by atoms with Gasteiger partial charge < -0.3 is 5.73 Å². The van der Waals surface area contributed by atoms with E-state index in [-0.39, 0.29) is 0 Å². The molecule has 1 aromatic rings. The van der Waals surface area contributed by atoms with Gasteiger partial charge in [0.1, 0.15) is 0 Å². The van der Waals surface area contributed by atoms with Gasteiger partial charge in [-0.05, 0) is 87.5 Å². The van der Waals surface area contributed by atoms with Crippen LogP contribution in [0, 0.1) is 37.0 Å². The predicted molar refractivity (Wildman–Crippen MR) is 88.2 cm³/mol. The van der Waals surface area contributed by atoms with Crippen molar-refractivity contribution in [1.29, 1.82) is 0 Å². The summed E-state index contributed by atoms with van der Waals surface area (Å²) in [6, 6.07) is 7.31. The Morgan fingerprint density at radius 2 is 1.43 bits per heavy atom. The summed E-state index contributed by atoms with van der Waals surface area (Å²) in [5.41, 5.74) is 11.5. The zero-order valence-corrected chi connectivity index (χ0v) is 13.6. The molecule has 1 atom stereocenters. The maximum atomic E-state index is 6.80. The Bertz CT molecular complexity index is 489. The molecular weight excluding hydrogens is 254 g/mol. The summed E-state index contributed by atoms with van der Waals surface area (Å²) >= 11 is 0. The molecule has 21 heavy (non-hydrogen) atoms. The largest absolute Gasteiger partial charge is 0.327 e. The fourth-order valence-corrected chi connectivity index (χ4v) is 6.29. The van der Waals surface area contributed by atoms with Crippen molar-refractivity contribution < 1.29 is 0 Å². The van der Waals surface area contributed by atoms with Crippen LogP contribution in [0.15, 0.2) is 18.2 Å². The highest BCUT2D eigenvalue weighted by Crippen LogP contribution is 2.61. The fourth-order valence-electron chi connectivity index (χ4n) is 6.29. The molecule has 0 aromatic heterocycles. The quantitative estimate of drug-likeness (QED) is 0.874. The summed E-state index contributed by atoms with van der Waals surface area (Å²) in [6.45, 7) is 4.40. The van der Waals surface area contributed by atoms with E-state index in [9.17, 15) is 0 Å². The maximum absolute atomic E-state index is 6.80. The van der Waals surface area contributed by atoms with Crippen molar-refractivity contribution in [2.45, 2.75) is 64.8 Å². The van der Waals surface area contributed by atoms with Crippen molar-refractivity contribution in [3.63, 3.8) is 0 Å². The lowest BCUT2D eigenvalue weighted by molar-refractivity contribution is -0.0667. The molecule has 0 radical (unpaired) electrons. The van der Waals surface area contributed by atoms with Crippen LogP contribution in [0.1, 0.15) is 55.2 Å². The molecular formula is C20H29N. The molecule has 114 valence electrons. The molecule has 0 aliphatic heterocycles. The van der Waals surface area contributed by atoms with Gasteiger partial charge >= 0.3 is 0 Å². The van der Waals surface area contributed by atoms with Gasteiger partial charge in [0.25, 0.3) is 0 Å². The second-order valence-corrected chi connectivity index (χ2v) is 8.59. The van der Waals surface area contributed by atoms with E-state index >= 15 is 0 Å². The third-order valence-corrected chi connectivity index (χ3v) is 6.61. The van der Waals surface area contributed by atoms with E-state index in [0.29, 0.717) is 11.5 Å². The first-order valence-corrected chi connectivity index (χ1v) is 8.85. The first-order chi connectivity index (χ1) is 10.0. The van der Waals surface area contributed by atoms with E-state index in [1.165, 1.54) is 55.2 Å². The van der Waals surface area contributed by atoms with Crippen molar-refractivity contribution in [1.82, 2.24) is 0 Å². The SMILES string of the molecule is Cc1cc(C)cc(CC(N)C23CC4CC(CC(C4)C2)C3)c1. The molecule has 1 nitrogen and oxygen atoms in total. The van der Waals surface area contributed by atoms with Crippen molar-refractivity contribution in [2.24, 2.45) is 28.9 Å². The highest BCUT2D eigenvalue weighted by atomic mass is 14.7. The lowest BCUT2D eigenvalue weighted by Gasteiger charge is -2.59. The molecule has 4 fully saturated rings. The molecule has 0 spiro atoms. The highest BCUT2D eigenvalue weighted by Gasteiger charge is 2.53. The molecule has 1 unspecified atom stereocenters. The summed E-state index contributed by atoms with van der Waals surface area (Å²) in [5, 5.41) is 0.